The topological polar surface area (TPSA) is 0 Å². The molecule has 0 radical (unpaired) electrons. The molecule has 0 spiro atoms. The lowest BCUT2D eigenvalue weighted by Gasteiger charge is -2.35. The van der Waals surface area contributed by atoms with E-state index in [1.165, 1.54) is 17.6 Å². The Balaban J connectivity index is 2.83. The Labute approximate surface area is 107 Å². The Morgan fingerprint density at radius 1 is 1.06 bits per heavy atom. The van der Waals surface area contributed by atoms with E-state index in [-0.39, 0.29) is 5.41 Å². The predicted octanol–water partition coefficient (Wildman–Crippen LogP) is 5.35. The van der Waals surface area contributed by atoms with Gasteiger partial charge >= 0.3 is 0 Å². The van der Waals surface area contributed by atoms with Crippen LogP contribution in [-0.2, 0) is 5.41 Å². The highest BCUT2D eigenvalue weighted by Crippen LogP contribution is 2.39. The van der Waals surface area contributed by atoms with E-state index in [0.29, 0.717) is 5.41 Å². The molecule has 0 saturated carbocycles. The Bertz CT molecular complexity index is 368. The van der Waals surface area contributed by atoms with Gasteiger partial charge in [0.1, 0.15) is 0 Å². The Kier molecular flexibility index (Phi) is 4.19. The fourth-order valence-corrected chi connectivity index (χ4v) is 3.07. The summed E-state index contributed by atoms with van der Waals surface area (Å²) in [7, 11) is 0. The number of allylic oxidation sites excluding steroid dienone is 1. The molecule has 0 heteroatoms. The average molecular weight is 230 g/mol. The average Bonchev–Trinajstić information content (AvgIpc) is 2.15. The van der Waals surface area contributed by atoms with Gasteiger partial charge in [-0.2, -0.15) is 0 Å². The molecule has 0 unspecified atom stereocenters. The first-order valence-corrected chi connectivity index (χ1v) is 6.43. The van der Waals surface area contributed by atoms with E-state index in [9.17, 15) is 0 Å². The summed E-state index contributed by atoms with van der Waals surface area (Å²) < 4.78 is 0. The second-order valence-corrected chi connectivity index (χ2v) is 6.72. The van der Waals surface area contributed by atoms with E-state index in [4.69, 9.17) is 0 Å². The lowest BCUT2D eigenvalue weighted by molar-refractivity contribution is 0.255. The molecule has 0 nitrogen and oxygen atoms in total. The fourth-order valence-electron chi connectivity index (χ4n) is 3.07. The highest BCUT2D eigenvalue weighted by Gasteiger charge is 2.29. The SMILES string of the molecule is C=C(C)CC(C)(C)CC(C)(C)c1ccccc1. The van der Waals surface area contributed by atoms with Crippen molar-refractivity contribution < 1.29 is 0 Å². The van der Waals surface area contributed by atoms with Crippen molar-refractivity contribution in [3.63, 3.8) is 0 Å². The predicted molar refractivity (Wildman–Crippen MR) is 77.3 cm³/mol. The van der Waals surface area contributed by atoms with Crippen LogP contribution in [0.4, 0.5) is 0 Å². The zero-order valence-corrected chi connectivity index (χ0v) is 12.0. The Morgan fingerprint density at radius 3 is 2.06 bits per heavy atom. The van der Waals surface area contributed by atoms with Crippen molar-refractivity contribution in [2.75, 3.05) is 0 Å². The van der Waals surface area contributed by atoms with Gasteiger partial charge in [0.15, 0.2) is 0 Å². The normalized spacial score (nSPS) is 12.5. The van der Waals surface area contributed by atoms with E-state index in [0.717, 1.165) is 6.42 Å². The van der Waals surface area contributed by atoms with Crippen LogP contribution in [0.25, 0.3) is 0 Å². The largest absolute Gasteiger partial charge is 0.100 e. The molecule has 0 N–H and O–H groups in total. The molecule has 0 aliphatic carbocycles. The first kappa shape index (κ1) is 14.0. The molecule has 0 aromatic heterocycles. The van der Waals surface area contributed by atoms with Gasteiger partial charge in [0.25, 0.3) is 0 Å². The third kappa shape index (κ3) is 4.38. The summed E-state index contributed by atoms with van der Waals surface area (Å²) in [6, 6.07) is 10.8. The van der Waals surface area contributed by atoms with E-state index in [1.54, 1.807) is 0 Å². The fraction of sp³-hybridized carbons (Fsp3) is 0.529. The molecule has 0 amide bonds. The van der Waals surface area contributed by atoms with E-state index >= 15 is 0 Å². The van der Waals surface area contributed by atoms with E-state index in [1.807, 2.05) is 0 Å². The quantitative estimate of drug-likeness (QED) is 0.598. The molecule has 0 fully saturated rings. The van der Waals surface area contributed by atoms with Gasteiger partial charge in [-0.05, 0) is 36.2 Å². The summed E-state index contributed by atoms with van der Waals surface area (Å²) in [6.45, 7) is 15.5. The zero-order chi connectivity index (χ0) is 13.1. The summed E-state index contributed by atoms with van der Waals surface area (Å²) >= 11 is 0. The smallest absolute Gasteiger partial charge is 0.00984 e. The van der Waals surface area contributed by atoms with Crippen LogP contribution in [0.1, 0.15) is 53.0 Å². The molecule has 0 heterocycles. The van der Waals surface area contributed by atoms with Crippen LogP contribution in [0.3, 0.4) is 0 Å². The van der Waals surface area contributed by atoms with Gasteiger partial charge in [-0.1, -0.05) is 63.6 Å². The van der Waals surface area contributed by atoms with E-state index in [2.05, 4.69) is 71.5 Å². The van der Waals surface area contributed by atoms with Crippen LogP contribution in [-0.4, -0.2) is 0 Å². The molecule has 0 atom stereocenters. The van der Waals surface area contributed by atoms with Gasteiger partial charge in [0.2, 0.25) is 0 Å². The van der Waals surface area contributed by atoms with Crippen molar-refractivity contribution in [2.24, 2.45) is 5.41 Å². The van der Waals surface area contributed by atoms with Crippen molar-refractivity contribution in [3.8, 4) is 0 Å². The first-order chi connectivity index (χ1) is 7.73. The maximum Gasteiger partial charge on any atom is -0.00984 e. The second kappa shape index (κ2) is 5.08. The molecule has 1 aromatic rings. The molecular formula is C17H26. The molecule has 0 bridgehead atoms. The van der Waals surface area contributed by atoms with Crippen LogP contribution >= 0.6 is 0 Å². The van der Waals surface area contributed by atoms with Crippen LogP contribution in [0.5, 0.6) is 0 Å². The van der Waals surface area contributed by atoms with Crippen LogP contribution in [0.2, 0.25) is 0 Å². The van der Waals surface area contributed by atoms with Crippen molar-refractivity contribution in [2.45, 2.75) is 52.9 Å². The summed E-state index contributed by atoms with van der Waals surface area (Å²) in [4.78, 5) is 0. The summed E-state index contributed by atoms with van der Waals surface area (Å²) in [5.74, 6) is 0. The molecular weight excluding hydrogens is 204 g/mol. The Hall–Kier alpha value is -1.04. The van der Waals surface area contributed by atoms with Crippen molar-refractivity contribution in [1.82, 2.24) is 0 Å². The summed E-state index contributed by atoms with van der Waals surface area (Å²) in [6.07, 6.45) is 2.28. The monoisotopic (exact) mass is 230 g/mol. The van der Waals surface area contributed by atoms with Crippen molar-refractivity contribution in [3.05, 3.63) is 48.0 Å². The highest BCUT2D eigenvalue weighted by atomic mass is 14.3. The molecule has 94 valence electrons. The highest BCUT2D eigenvalue weighted by molar-refractivity contribution is 5.24. The van der Waals surface area contributed by atoms with Gasteiger partial charge < -0.3 is 0 Å². The molecule has 0 saturated heterocycles. The van der Waals surface area contributed by atoms with Crippen LogP contribution in [0.15, 0.2) is 42.5 Å². The van der Waals surface area contributed by atoms with Crippen LogP contribution < -0.4 is 0 Å². The molecule has 1 aromatic carbocycles. The van der Waals surface area contributed by atoms with Crippen molar-refractivity contribution >= 4 is 0 Å². The standard InChI is InChI=1S/C17H26/c1-14(2)12-16(3,4)13-17(5,6)15-10-8-7-9-11-15/h7-11H,1,12-13H2,2-6H3. The second-order valence-electron chi connectivity index (χ2n) is 6.72. The number of hydrogen-bond donors (Lipinski definition) is 0. The van der Waals surface area contributed by atoms with Gasteiger partial charge in [-0.25, -0.2) is 0 Å². The lowest BCUT2D eigenvalue weighted by Crippen LogP contribution is -2.26. The number of rotatable bonds is 5. The number of benzene rings is 1. The molecule has 1 rings (SSSR count). The minimum Gasteiger partial charge on any atom is -0.100 e. The van der Waals surface area contributed by atoms with Gasteiger partial charge in [-0.3, -0.25) is 0 Å². The maximum absolute atomic E-state index is 4.04. The third-order valence-electron chi connectivity index (χ3n) is 3.26. The van der Waals surface area contributed by atoms with Gasteiger partial charge in [0.05, 0.1) is 0 Å². The minimum atomic E-state index is 0.222. The minimum absolute atomic E-state index is 0.222. The summed E-state index contributed by atoms with van der Waals surface area (Å²) in [5, 5.41) is 0. The lowest BCUT2D eigenvalue weighted by atomic mass is 9.69. The number of hydrogen-bond acceptors (Lipinski definition) is 0. The molecule has 17 heavy (non-hydrogen) atoms. The van der Waals surface area contributed by atoms with E-state index < -0.39 is 0 Å². The maximum atomic E-state index is 4.04. The van der Waals surface area contributed by atoms with Gasteiger partial charge in [0, 0.05) is 0 Å². The van der Waals surface area contributed by atoms with Crippen LogP contribution in [0, 0.1) is 5.41 Å². The summed E-state index contributed by atoms with van der Waals surface area (Å²) in [5.41, 5.74) is 3.24. The zero-order valence-electron chi connectivity index (χ0n) is 12.0. The molecule has 0 aliphatic heterocycles. The third-order valence-corrected chi connectivity index (χ3v) is 3.26. The molecule has 0 aliphatic rings. The van der Waals surface area contributed by atoms with Gasteiger partial charge in [-0.15, -0.1) is 6.58 Å². The first-order valence-electron chi connectivity index (χ1n) is 6.43. The Morgan fingerprint density at radius 2 is 1.59 bits per heavy atom. The van der Waals surface area contributed by atoms with Crippen molar-refractivity contribution in [1.29, 1.82) is 0 Å².